The van der Waals surface area contributed by atoms with E-state index >= 15 is 0 Å². The maximum atomic E-state index is 11.6. The minimum atomic E-state index is -5.11. The van der Waals surface area contributed by atoms with Gasteiger partial charge in [0.05, 0.1) is 6.20 Å². The molecule has 0 saturated carbocycles. The molecule has 0 atom stereocenters. The zero-order valence-corrected chi connectivity index (χ0v) is 5.96. The maximum Gasteiger partial charge on any atom is 0.493 e. The van der Waals surface area contributed by atoms with Gasteiger partial charge in [0, 0.05) is 6.20 Å². The average molecular weight is 196 g/mol. The third kappa shape index (κ3) is 2.10. The Balaban J connectivity index is 2.77. The molecule has 1 heterocycles. The van der Waals surface area contributed by atoms with Crippen molar-refractivity contribution >= 4 is 5.97 Å². The van der Waals surface area contributed by atoms with Crippen LogP contribution >= 0.6 is 0 Å². The molecule has 0 fully saturated rings. The molecule has 0 unspecified atom stereocenters. The standard InChI is InChI=1S/C5H3F3N2O3/c6-5(7,8)3(11)13-10-2-1-9-4(10)12/h1-2H,(H,9,12). The van der Waals surface area contributed by atoms with E-state index < -0.39 is 17.8 Å². The van der Waals surface area contributed by atoms with E-state index in [9.17, 15) is 22.8 Å². The van der Waals surface area contributed by atoms with Gasteiger partial charge in [-0.05, 0) is 0 Å². The van der Waals surface area contributed by atoms with E-state index in [2.05, 4.69) is 4.84 Å². The molecular weight excluding hydrogens is 193 g/mol. The van der Waals surface area contributed by atoms with E-state index in [0.717, 1.165) is 12.4 Å². The molecular formula is C5H3F3N2O3. The lowest BCUT2D eigenvalue weighted by atomic mass is 10.7. The molecule has 0 aliphatic heterocycles. The van der Waals surface area contributed by atoms with Crippen molar-refractivity contribution in [1.29, 1.82) is 0 Å². The van der Waals surface area contributed by atoms with E-state index in [0.29, 0.717) is 0 Å². The van der Waals surface area contributed by atoms with Gasteiger partial charge >= 0.3 is 17.8 Å². The number of carbonyl (C=O) groups is 1. The summed E-state index contributed by atoms with van der Waals surface area (Å²) in [6.45, 7) is 0. The van der Waals surface area contributed by atoms with E-state index in [4.69, 9.17) is 0 Å². The van der Waals surface area contributed by atoms with Crippen LogP contribution < -0.4 is 10.5 Å². The summed E-state index contributed by atoms with van der Waals surface area (Å²) in [7, 11) is 0. The minimum absolute atomic E-state index is 0.149. The lowest BCUT2D eigenvalue weighted by molar-refractivity contribution is -0.200. The normalized spacial score (nSPS) is 11.3. The maximum absolute atomic E-state index is 11.6. The van der Waals surface area contributed by atoms with Gasteiger partial charge in [-0.1, -0.05) is 0 Å². The fraction of sp³-hybridized carbons (Fsp3) is 0.200. The number of nitrogens with one attached hydrogen (secondary N) is 1. The number of hydrogen-bond donors (Lipinski definition) is 1. The average Bonchev–Trinajstić information content (AvgIpc) is 2.34. The molecule has 1 aromatic heterocycles. The van der Waals surface area contributed by atoms with Crippen molar-refractivity contribution in [2.45, 2.75) is 6.18 Å². The number of aromatic amines is 1. The highest BCUT2D eigenvalue weighted by atomic mass is 19.4. The Kier molecular flexibility index (Phi) is 2.13. The molecule has 5 nitrogen and oxygen atoms in total. The zero-order chi connectivity index (χ0) is 10.1. The zero-order valence-electron chi connectivity index (χ0n) is 5.96. The van der Waals surface area contributed by atoms with Crippen molar-refractivity contribution in [3.63, 3.8) is 0 Å². The third-order valence-electron chi connectivity index (χ3n) is 1.03. The van der Waals surface area contributed by atoms with Gasteiger partial charge in [0.15, 0.2) is 0 Å². The van der Waals surface area contributed by atoms with Crippen molar-refractivity contribution in [2.75, 3.05) is 0 Å². The monoisotopic (exact) mass is 196 g/mol. The van der Waals surface area contributed by atoms with Gasteiger partial charge < -0.3 is 9.82 Å². The predicted molar refractivity (Wildman–Crippen MR) is 32.7 cm³/mol. The molecule has 8 heteroatoms. The van der Waals surface area contributed by atoms with E-state index in [-0.39, 0.29) is 4.73 Å². The summed E-state index contributed by atoms with van der Waals surface area (Å²) in [6.07, 6.45) is -3.23. The smallest absolute Gasteiger partial charge is 0.323 e. The number of alkyl halides is 3. The Morgan fingerprint density at radius 2 is 2.15 bits per heavy atom. The van der Waals surface area contributed by atoms with Crippen LogP contribution in [0.1, 0.15) is 0 Å². The lowest BCUT2D eigenvalue weighted by Gasteiger charge is -2.04. The summed E-state index contributed by atoms with van der Waals surface area (Å²) in [4.78, 5) is 26.4. The molecule has 0 radical (unpaired) electrons. The number of imidazole rings is 1. The van der Waals surface area contributed by atoms with Crippen LogP contribution in [0.5, 0.6) is 0 Å². The molecule has 1 aromatic rings. The summed E-state index contributed by atoms with van der Waals surface area (Å²) in [5.74, 6) is -2.45. The Bertz CT molecular complexity index is 364. The van der Waals surface area contributed by atoms with Crippen LogP contribution in [0.2, 0.25) is 0 Å². The largest absolute Gasteiger partial charge is 0.493 e. The minimum Gasteiger partial charge on any atom is -0.323 e. The van der Waals surface area contributed by atoms with Crippen molar-refractivity contribution in [3.05, 3.63) is 22.9 Å². The highest BCUT2D eigenvalue weighted by Crippen LogP contribution is 2.14. The summed E-state index contributed by atoms with van der Waals surface area (Å²) >= 11 is 0. The number of halogens is 3. The Hall–Kier alpha value is -1.73. The van der Waals surface area contributed by atoms with E-state index in [1.165, 1.54) is 0 Å². The highest BCUT2D eigenvalue weighted by molar-refractivity contribution is 5.75. The van der Waals surface area contributed by atoms with Crippen molar-refractivity contribution in [3.8, 4) is 0 Å². The van der Waals surface area contributed by atoms with Crippen molar-refractivity contribution in [2.24, 2.45) is 0 Å². The fourth-order valence-corrected chi connectivity index (χ4v) is 0.521. The Labute approximate surface area is 68.7 Å². The summed E-state index contributed by atoms with van der Waals surface area (Å²) < 4.78 is 34.9. The van der Waals surface area contributed by atoms with E-state index in [1.807, 2.05) is 4.98 Å². The predicted octanol–water partition coefficient (Wildman–Crippen LogP) is -0.306. The third-order valence-corrected chi connectivity index (χ3v) is 1.03. The summed E-state index contributed by atoms with van der Waals surface area (Å²) in [5.41, 5.74) is -0.961. The van der Waals surface area contributed by atoms with Crippen molar-refractivity contribution < 1.29 is 22.8 Å². The van der Waals surface area contributed by atoms with Gasteiger partial charge in [-0.3, -0.25) is 0 Å². The molecule has 13 heavy (non-hydrogen) atoms. The lowest BCUT2D eigenvalue weighted by Crippen LogP contribution is -2.37. The van der Waals surface area contributed by atoms with Crippen LogP contribution in [0.4, 0.5) is 13.2 Å². The molecule has 0 aromatic carbocycles. The fourth-order valence-electron chi connectivity index (χ4n) is 0.521. The van der Waals surface area contributed by atoms with Gasteiger partial charge in [-0.15, -0.1) is 4.73 Å². The van der Waals surface area contributed by atoms with Gasteiger partial charge in [-0.2, -0.15) is 13.2 Å². The number of nitrogens with zero attached hydrogens (tertiary/aromatic N) is 1. The van der Waals surface area contributed by atoms with Gasteiger partial charge in [0.1, 0.15) is 0 Å². The first-order valence-corrected chi connectivity index (χ1v) is 2.97. The first-order chi connectivity index (χ1) is 5.91. The Morgan fingerprint density at radius 3 is 2.54 bits per heavy atom. The second-order valence-corrected chi connectivity index (χ2v) is 1.97. The van der Waals surface area contributed by atoms with Crippen LogP contribution in [0.3, 0.4) is 0 Å². The summed E-state index contributed by atoms with van der Waals surface area (Å²) in [5, 5.41) is 0. The second-order valence-electron chi connectivity index (χ2n) is 1.97. The molecule has 0 aliphatic rings. The molecule has 0 aliphatic carbocycles. The molecule has 1 rings (SSSR count). The molecule has 1 N–H and O–H groups in total. The van der Waals surface area contributed by atoms with Crippen LogP contribution in [0.15, 0.2) is 17.2 Å². The van der Waals surface area contributed by atoms with Crippen molar-refractivity contribution in [1.82, 2.24) is 9.71 Å². The molecule has 0 bridgehead atoms. The molecule has 0 saturated heterocycles. The number of H-pyrrole nitrogens is 1. The Morgan fingerprint density at radius 1 is 1.54 bits per heavy atom. The van der Waals surface area contributed by atoms with Gasteiger partial charge in [0.2, 0.25) is 0 Å². The van der Waals surface area contributed by atoms with Crippen LogP contribution in [-0.2, 0) is 4.79 Å². The first kappa shape index (κ1) is 9.36. The summed E-state index contributed by atoms with van der Waals surface area (Å²) in [6, 6.07) is 0. The van der Waals surface area contributed by atoms with Crippen LogP contribution in [0.25, 0.3) is 0 Å². The second kappa shape index (κ2) is 2.96. The molecule has 72 valence electrons. The number of rotatable bonds is 1. The van der Waals surface area contributed by atoms with Gasteiger partial charge in [0.25, 0.3) is 0 Å². The van der Waals surface area contributed by atoms with Crippen LogP contribution in [0, 0.1) is 0 Å². The number of carbonyl (C=O) groups excluding carboxylic acids is 1. The van der Waals surface area contributed by atoms with E-state index in [1.54, 1.807) is 0 Å². The molecule has 0 spiro atoms. The SMILES string of the molecule is O=C(On1cc[nH]c1=O)C(F)(F)F. The number of aromatic nitrogens is 2. The van der Waals surface area contributed by atoms with Crippen LogP contribution in [-0.4, -0.2) is 21.9 Å². The quantitative estimate of drug-likeness (QED) is 0.670. The number of hydrogen-bond acceptors (Lipinski definition) is 3. The first-order valence-electron chi connectivity index (χ1n) is 2.97. The molecule has 0 amide bonds. The van der Waals surface area contributed by atoms with Gasteiger partial charge in [-0.25, -0.2) is 9.59 Å². The topological polar surface area (TPSA) is 64.1 Å². The highest BCUT2D eigenvalue weighted by Gasteiger charge is 2.42.